The standard InChI is InChI=1S/C25H28FN5O4/c1-14(2)23-20(10-9-17(32)12-18(33)13-21(34)35)22(15-5-7-16(26)8-6-15)19-4-3-11-31-25(24(19)27-23)28-29-30-31/h5-10,14,17-18,32-33H,3-4,11-13H2,1-2H3,(H,34,35)/t17-,18-/m1/s1. The predicted molar refractivity (Wildman–Crippen MR) is 127 cm³/mol. The predicted octanol–water partition coefficient (Wildman–Crippen LogP) is 3.21. The molecule has 0 radical (unpaired) electrons. The second kappa shape index (κ2) is 10.4. The summed E-state index contributed by atoms with van der Waals surface area (Å²) in [6, 6.07) is 6.24. The molecule has 0 fully saturated rings. The molecule has 0 saturated heterocycles. The number of halogens is 1. The number of aromatic nitrogens is 5. The fourth-order valence-corrected chi connectivity index (χ4v) is 4.42. The Morgan fingerprint density at radius 3 is 2.66 bits per heavy atom. The van der Waals surface area contributed by atoms with Gasteiger partial charge in [-0.2, -0.15) is 0 Å². The molecule has 3 heterocycles. The second-order valence-electron chi connectivity index (χ2n) is 9.02. The average Bonchev–Trinajstić information content (AvgIpc) is 3.18. The first-order chi connectivity index (χ1) is 16.7. The summed E-state index contributed by atoms with van der Waals surface area (Å²) in [5.74, 6) is -0.898. The van der Waals surface area contributed by atoms with Crippen molar-refractivity contribution in [1.82, 2.24) is 25.2 Å². The van der Waals surface area contributed by atoms with Crippen molar-refractivity contribution >= 4 is 12.0 Å². The first-order valence-corrected chi connectivity index (χ1v) is 11.6. The third kappa shape index (κ3) is 5.44. The molecule has 1 aliphatic heterocycles. The van der Waals surface area contributed by atoms with Crippen molar-refractivity contribution in [2.75, 3.05) is 0 Å². The SMILES string of the molecule is CC(C)c1nc2c(c(-c3ccc(F)cc3)c1C=C[C@@H](O)C[C@@H](O)CC(=O)O)CCCn1nnnc1-2. The van der Waals surface area contributed by atoms with Gasteiger partial charge in [-0.15, -0.1) is 5.10 Å². The fourth-order valence-electron chi connectivity index (χ4n) is 4.42. The largest absolute Gasteiger partial charge is 0.481 e. The van der Waals surface area contributed by atoms with Gasteiger partial charge in [-0.25, -0.2) is 14.1 Å². The maximum Gasteiger partial charge on any atom is 0.305 e. The lowest BCUT2D eigenvalue weighted by molar-refractivity contribution is -0.139. The van der Waals surface area contributed by atoms with E-state index in [4.69, 9.17) is 10.1 Å². The number of pyridine rings is 1. The zero-order valence-corrected chi connectivity index (χ0v) is 19.6. The molecule has 0 amide bonds. The molecule has 9 nitrogen and oxygen atoms in total. The van der Waals surface area contributed by atoms with Crippen LogP contribution in [0.15, 0.2) is 30.3 Å². The van der Waals surface area contributed by atoms with E-state index in [-0.39, 0.29) is 18.2 Å². The third-order valence-corrected chi connectivity index (χ3v) is 5.99. The number of carboxylic acids is 1. The molecule has 1 aromatic carbocycles. The Bertz CT molecular complexity index is 1240. The monoisotopic (exact) mass is 481 g/mol. The number of rotatable bonds is 8. The van der Waals surface area contributed by atoms with Gasteiger partial charge in [0.15, 0.2) is 0 Å². The zero-order valence-electron chi connectivity index (χ0n) is 19.6. The van der Waals surface area contributed by atoms with Crippen LogP contribution in [0.3, 0.4) is 0 Å². The van der Waals surface area contributed by atoms with E-state index in [0.717, 1.165) is 34.4 Å². The molecule has 3 N–H and O–H groups in total. The van der Waals surface area contributed by atoms with E-state index in [2.05, 4.69) is 15.5 Å². The summed E-state index contributed by atoms with van der Waals surface area (Å²) in [4.78, 5) is 15.8. The van der Waals surface area contributed by atoms with Gasteiger partial charge in [-0.1, -0.05) is 38.1 Å². The van der Waals surface area contributed by atoms with E-state index in [1.165, 1.54) is 18.2 Å². The molecule has 2 atom stereocenters. The van der Waals surface area contributed by atoms with Crippen molar-refractivity contribution in [3.05, 3.63) is 53.0 Å². The number of carbonyl (C=O) groups is 1. The van der Waals surface area contributed by atoms with Gasteiger partial charge in [0.2, 0.25) is 5.82 Å². The Balaban J connectivity index is 1.87. The van der Waals surface area contributed by atoms with Crippen molar-refractivity contribution in [3.8, 4) is 22.6 Å². The number of benzene rings is 1. The quantitative estimate of drug-likeness (QED) is 0.447. The molecule has 0 bridgehead atoms. The first kappa shape index (κ1) is 24.6. The van der Waals surface area contributed by atoms with Gasteiger partial charge in [0.25, 0.3) is 0 Å². The maximum absolute atomic E-state index is 13.8. The van der Waals surface area contributed by atoms with Crippen LogP contribution < -0.4 is 0 Å². The molecule has 0 unspecified atom stereocenters. The van der Waals surface area contributed by atoms with Gasteiger partial charge < -0.3 is 15.3 Å². The maximum atomic E-state index is 13.8. The minimum absolute atomic E-state index is 0.00137. The minimum atomic E-state index is -1.17. The molecule has 0 spiro atoms. The Morgan fingerprint density at radius 2 is 1.97 bits per heavy atom. The Morgan fingerprint density at radius 1 is 1.23 bits per heavy atom. The number of aliphatic hydroxyl groups is 2. The van der Waals surface area contributed by atoms with Gasteiger partial charge in [0, 0.05) is 18.5 Å². The van der Waals surface area contributed by atoms with E-state index in [1.807, 2.05) is 13.8 Å². The van der Waals surface area contributed by atoms with Crippen molar-refractivity contribution < 1.29 is 24.5 Å². The molecule has 0 aliphatic carbocycles. The highest BCUT2D eigenvalue weighted by atomic mass is 19.1. The topological polar surface area (TPSA) is 134 Å². The summed E-state index contributed by atoms with van der Waals surface area (Å²) in [7, 11) is 0. The zero-order chi connectivity index (χ0) is 25.1. The molecule has 10 heteroatoms. The number of nitrogens with zero attached hydrogens (tertiary/aromatic N) is 5. The van der Waals surface area contributed by atoms with Crippen LogP contribution in [-0.2, 0) is 17.8 Å². The highest BCUT2D eigenvalue weighted by molar-refractivity contribution is 5.84. The van der Waals surface area contributed by atoms with Crippen LogP contribution in [-0.4, -0.2) is 58.7 Å². The van der Waals surface area contributed by atoms with Crippen molar-refractivity contribution in [2.45, 2.75) is 64.2 Å². The van der Waals surface area contributed by atoms with Crippen molar-refractivity contribution in [1.29, 1.82) is 0 Å². The van der Waals surface area contributed by atoms with E-state index in [0.29, 0.717) is 24.5 Å². The summed E-state index contributed by atoms with van der Waals surface area (Å²) < 4.78 is 15.5. The molecule has 4 rings (SSSR count). The van der Waals surface area contributed by atoms with Gasteiger partial charge in [0.05, 0.1) is 24.3 Å². The molecule has 2 aromatic heterocycles. The van der Waals surface area contributed by atoms with E-state index < -0.39 is 24.6 Å². The van der Waals surface area contributed by atoms with E-state index in [1.54, 1.807) is 22.9 Å². The molecule has 184 valence electrons. The van der Waals surface area contributed by atoms with E-state index in [9.17, 15) is 19.4 Å². The van der Waals surface area contributed by atoms with Crippen LogP contribution in [0.25, 0.3) is 28.7 Å². The smallest absolute Gasteiger partial charge is 0.305 e. The fraction of sp³-hybridized carbons (Fsp3) is 0.400. The first-order valence-electron chi connectivity index (χ1n) is 11.6. The number of aliphatic carboxylic acids is 1. The number of hydrogen-bond acceptors (Lipinski definition) is 7. The minimum Gasteiger partial charge on any atom is -0.481 e. The van der Waals surface area contributed by atoms with Crippen LogP contribution >= 0.6 is 0 Å². The summed E-state index contributed by atoms with van der Waals surface area (Å²) in [5.41, 5.74) is 4.82. The third-order valence-electron chi connectivity index (χ3n) is 5.99. The molecule has 3 aromatic rings. The highest BCUT2D eigenvalue weighted by Crippen LogP contribution is 2.40. The Labute approximate surface area is 202 Å². The van der Waals surface area contributed by atoms with Crippen molar-refractivity contribution in [3.63, 3.8) is 0 Å². The van der Waals surface area contributed by atoms with Crippen LogP contribution in [0.2, 0.25) is 0 Å². The van der Waals surface area contributed by atoms with Crippen LogP contribution in [0, 0.1) is 5.82 Å². The van der Waals surface area contributed by atoms with Gasteiger partial charge in [0.1, 0.15) is 11.5 Å². The number of aliphatic hydroxyl groups excluding tert-OH is 2. The second-order valence-corrected chi connectivity index (χ2v) is 9.02. The Kier molecular flexibility index (Phi) is 7.32. The van der Waals surface area contributed by atoms with Gasteiger partial charge in [-0.05, 0) is 58.0 Å². The van der Waals surface area contributed by atoms with Crippen LogP contribution in [0.4, 0.5) is 4.39 Å². The van der Waals surface area contributed by atoms with Crippen LogP contribution in [0.5, 0.6) is 0 Å². The summed E-state index contributed by atoms with van der Waals surface area (Å²) in [6.07, 6.45) is 1.99. The van der Waals surface area contributed by atoms with Crippen molar-refractivity contribution in [2.24, 2.45) is 0 Å². The lowest BCUT2D eigenvalue weighted by atomic mass is 9.87. The number of fused-ring (bicyclic) bond motifs is 3. The van der Waals surface area contributed by atoms with Crippen LogP contribution in [0.1, 0.15) is 55.8 Å². The Hall–Kier alpha value is -3.50. The summed E-state index contributed by atoms with van der Waals surface area (Å²) in [6.45, 7) is 4.66. The highest BCUT2D eigenvalue weighted by Gasteiger charge is 2.27. The average molecular weight is 482 g/mol. The number of aryl methyl sites for hydroxylation is 1. The summed E-state index contributed by atoms with van der Waals surface area (Å²) >= 11 is 0. The molecule has 35 heavy (non-hydrogen) atoms. The van der Waals surface area contributed by atoms with E-state index >= 15 is 0 Å². The molecule has 0 saturated carbocycles. The van der Waals surface area contributed by atoms with Gasteiger partial charge >= 0.3 is 5.97 Å². The summed E-state index contributed by atoms with van der Waals surface area (Å²) in [5, 5.41) is 41.4. The normalized spacial score (nSPS) is 15.0. The lowest BCUT2D eigenvalue weighted by Crippen LogP contribution is -2.19. The number of tetrazole rings is 1. The number of hydrogen-bond donors (Lipinski definition) is 3. The molecular weight excluding hydrogens is 453 g/mol. The number of carboxylic acid groups (broad SMARTS) is 1. The lowest BCUT2D eigenvalue weighted by Gasteiger charge is -2.21. The van der Waals surface area contributed by atoms with Gasteiger partial charge in [-0.3, -0.25) is 4.79 Å². The molecular formula is C25H28FN5O4. The molecule has 1 aliphatic rings.